The van der Waals surface area contributed by atoms with E-state index in [9.17, 15) is 0 Å². The summed E-state index contributed by atoms with van der Waals surface area (Å²) >= 11 is 2.03. The van der Waals surface area contributed by atoms with Gasteiger partial charge in [0.15, 0.2) is 0 Å². The molecule has 0 aromatic carbocycles. The van der Waals surface area contributed by atoms with E-state index in [4.69, 9.17) is 0 Å². The van der Waals surface area contributed by atoms with E-state index in [2.05, 4.69) is 65.8 Å². The number of rotatable bonds is 8. The van der Waals surface area contributed by atoms with Gasteiger partial charge in [-0.15, -0.1) is 37.7 Å². The summed E-state index contributed by atoms with van der Waals surface area (Å²) in [6.07, 6.45) is 21.6. The van der Waals surface area contributed by atoms with E-state index in [1.165, 1.54) is 49.7 Å². The van der Waals surface area contributed by atoms with Gasteiger partial charge in [0.2, 0.25) is 0 Å². The van der Waals surface area contributed by atoms with E-state index in [1.807, 2.05) is 26.8 Å². The fraction of sp³-hybridized carbons (Fsp3) is 0.615. The number of hydrogen-bond acceptors (Lipinski definition) is 0. The van der Waals surface area contributed by atoms with Crippen molar-refractivity contribution in [2.45, 2.75) is 92.9 Å². The van der Waals surface area contributed by atoms with Crippen molar-refractivity contribution in [3.05, 3.63) is 61.4 Å². The standard InChI is InChI=1S/2C12H19.2CH3.2ClH.H2Si.Ti/c2*1-4-5-6-11-7-8-12(9-11)10(2)3;;;;;;/h2*9-10H,4-7H2,1-3H3;2*1H3;2*1H;1H2;/q4*-1;;;;. The van der Waals surface area contributed by atoms with Gasteiger partial charge in [0, 0.05) is 0 Å². The molecule has 0 aliphatic heterocycles. The molecule has 0 radical (unpaired) electrons. The molecule has 0 aromatic heterocycles. The van der Waals surface area contributed by atoms with Crippen LogP contribution in [0.2, 0.25) is 0 Å². The van der Waals surface area contributed by atoms with E-state index < -0.39 is 0 Å². The monoisotopic (exact) mass is 506 g/mol. The molecule has 0 atom stereocenters. The average Bonchev–Trinajstić information content (AvgIpc) is 3.30. The van der Waals surface area contributed by atoms with Gasteiger partial charge in [-0.3, -0.25) is 12.2 Å². The van der Waals surface area contributed by atoms with Crippen molar-refractivity contribution in [1.82, 2.24) is 0 Å². The summed E-state index contributed by atoms with van der Waals surface area (Å²) in [5, 5.41) is 0. The molecule has 0 spiro atoms. The quantitative estimate of drug-likeness (QED) is 0.228. The van der Waals surface area contributed by atoms with Crippen molar-refractivity contribution in [1.29, 1.82) is 0 Å². The first-order chi connectivity index (χ1) is 12.5. The predicted molar refractivity (Wildman–Crippen MR) is 144 cm³/mol. The zero-order valence-electron chi connectivity index (χ0n) is 21.0. The SMILES string of the molecule is CCCCC1=CC(C(C)C)=[C-]C1.CCCCC1=CC(C(C)C)=[C-]C1.Cl.Cl.[CH3-].[CH3-].[SiH2]=[Ti]. The molecule has 0 nitrogen and oxygen atoms in total. The second-order valence-electron chi connectivity index (χ2n) is 7.74. The molecule has 0 unspecified atom stereocenters. The molecule has 0 fully saturated rings. The molecule has 0 N–H and O–H groups in total. The molecule has 178 valence electrons. The van der Waals surface area contributed by atoms with Gasteiger partial charge in [0.1, 0.15) is 0 Å². The van der Waals surface area contributed by atoms with Gasteiger partial charge in [-0.1, -0.05) is 79.1 Å². The molecule has 30 heavy (non-hydrogen) atoms. The van der Waals surface area contributed by atoms with E-state index in [0.717, 1.165) is 12.8 Å². The second-order valence-corrected chi connectivity index (χ2v) is 7.74. The normalized spacial score (nSPS) is 13.4. The first kappa shape index (κ1) is 40.8. The minimum absolute atomic E-state index is 0. The molecule has 2 aliphatic rings. The molecule has 0 saturated heterocycles. The van der Waals surface area contributed by atoms with Crippen LogP contribution in [0, 0.1) is 38.8 Å². The summed E-state index contributed by atoms with van der Waals surface area (Å²) in [6.45, 7) is 13.4. The maximum absolute atomic E-state index is 3.44. The average molecular weight is 508 g/mol. The molecule has 4 heteroatoms. The van der Waals surface area contributed by atoms with Crippen LogP contribution in [0.25, 0.3) is 0 Å². The van der Waals surface area contributed by atoms with Crippen molar-refractivity contribution in [3.8, 4) is 0 Å². The Hall–Kier alpha value is 0.471. The molecule has 0 bridgehead atoms. The van der Waals surface area contributed by atoms with Gasteiger partial charge in [0.05, 0.1) is 0 Å². The Morgan fingerprint density at radius 3 is 1.27 bits per heavy atom. The zero-order valence-corrected chi connectivity index (χ0v) is 25.6. The third-order valence-electron chi connectivity index (χ3n) is 4.71. The van der Waals surface area contributed by atoms with E-state index >= 15 is 0 Å². The van der Waals surface area contributed by atoms with E-state index in [-0.39, 0.29) is 39.7 Å². The summed E-state index contributed by atoms with van der Waals surface area (Å²) in [7, 11) is 1.86. The first-order valence-corrected chi connectivity index (χ1v) is 14.5. The molecule has 2 rings (SSSR count). The van der Waals surface area contributed by atoms with Crippen LogP contribution in [0.4, 0.5) is 0 Å². The third kappa shape index (κ3) is 18.1. The number of allylic oxidation sites excluding steroid dienone is 8. The van der Waals surface area contributed by atoms with Gasteiger partial charge >= 0.3 is 26.8 Å². The summed E-state index contributed by atoms with van der Waals surface area (Å²) < 4.78 is 0. The molecule has 0 saturated carbocycles. The van der Waals surface area contributed by atoms with Crippen LogP contribution >= 0.6 is 24.8 Å². The van der Waals surface area contributed by atoms with Crippen molar-refractivity contribution in [2.75, 3.05) is 0 Å². The van der Waals surface area contributed by atoms with Gasteiger partial charge in [-0.05, 0) is 12.8 Å². The van der Waals surface area contributed by atoms with Crippen LogP contribution < -0.4 is 0 Å². The summed E-state index contributed by atoms with van der Waals surface area (Å²) in [5.74, 6) is 1.31. The van der Waals surface area contributed by atoms with Crippen molar-refractivity contribution < 1.29 is 19.2 Å². The van der Waals surface area contributed by atoms with Crippen LogP contribution in [0.1, 0.15) is 92.9 Å². The summed E-state index contributed by atoms with van der Waals surface area (Å²) in [4.78, 5) is 0. The van der Waals surface area contributed by atoms with Gasteiger partial charge in [0.25, 0.3) is 0 Å². The molecule has 2 aliphatic carbocycles. The van der Waals surface area contributed by atoms with E-state index in [0.29, 0.717) is 11.8 Å². The Morgan fingerprint density at radius 1 is 0.767 bits per heavy atom. The molecule has 0 aromatic rings. The van der Waals surface area contributed by atoms with Crippen molar-refractivity contribution >= 4 is 32.4 Å². The summed E-state index contributed by atoms with van der Waals surface area (Å²) in [6, 6.07) is 0. The van der Waals surface area contributed by atoms with Crippen LogP contribution in [0.15, 0.2) is 34.4 Å². The fourth-order valence-corrected chi connectivity index (χ4v) is 2.95. The fourth-order valence-electron chi connectivity index (χ4n) is 2.95. The van der Waals surface area contributed by atoms with Gasteiger partial charge < -0.3 is 14.9 Å². The van der Waals surface area contributed by atoms with Crippen LogP contribution in [-0.2, 0) is 19.2 Å². The number of halogens is 2. The topological polar surface area (TPSA) is 0 Å². The predicted octanol–water partition coefficient (Wildman–Crippen LogP) is 8.61. The summed E-state index contributed by atoms with van der Waals surface area (Å²) in [5.41, 5.74) is 6.00. The Kier molecular flexibility index (Phi) is 35.0. The Balaban J connectivity index is -0.000000114. The van der Waals surface area contributed by atoms with E-state index in [1.54, 1.807) is 11.1 Å². The molecular formula is C26H48Cl2SiTi-4. The van der Waals surface area contributed by atoms with Crippen LogP contribution in [-0.4, -0.2) is 7.63 Å². The minimum atomic E-state index is 0. The van der Waals surface area contributed by atoms with Crippen LogP contribution in [0.3, 0.4) is 0 Å². The maximum atomic E-state index is 3.44. The molecule has 0 amide bonds. The van der Waals surface area contributed by atoms with Gasteiger partial charge in [-0.25, -0.2) is 23.3 Å². The van der Waals surface area contributed by atoms with Crippen molar-refractivity contribution in [3.63, 3.8) is 0 Å². The van der Waals surface area contributed by atoms with Crippen LogP contribution in [0.5, 0.6) is 0 Å². The Morgan fingerprint density at radius 2 is 1.07 bits per heavy atom. The number of unbranched alkanes of at least 4 members (excludes halogenated alkanes) is 2. The first-order valence-electron chi connectivity index (χ1n) is 10.4. The molecular weight excluding hydrogens is 459 g/mol. The third-order valence-corrected chi connectivity index (χ3v) is 4.71. The van der Waals surface area contributed by atoms with Crippen molar-refractivity contribution in [2.24, 2.45) is 11.8 Å². The zero-order chi connectivity index (χ0) is 19.9. The molecule has 0 heterocycles. The Labute approximate surface area is 216 Å². The number of hydrogen-bond donors (Lipinski definition) is 0. The second kappa shape index (κ2) is 25.7. The van der Waals surface area contributed by atoms with Gasteiger partial charge in [-0.2, -0.15) is 11.1 Å². The Bertz CT molecular complexity index is 471.